The number of carbonyl (C=O) groups is 1. The lowest BCUT2D eigenvalue weighted by Crippen LogP contribution is -2.19. The molecular weight excluding hydrogens is 334 g/mol. The molecule has 0 fully saturated rings. The number of amides is 1. The first-order valence-corrected chi connectivity index (χ1v) is 8.21. The highest BCUT2D eigenvalue weighted by molar-refractivity contribution is 5.75. The molecule has 8 nitrogen and oxygen atoms in total. The Balaban J connectivity index is 1.93. The number of nitrogens with zero attached hydrogens (tertiary/aromatic N) is 4. The van der Waals surface area contributed by atoms with Crippen molar-refractivity contribution < 1.29 is 14.6 Å². The Labute approximate surface area is 150 Å². The first kappa shape index (κ1) is 17.7. The molecule has 1 aromatic carbocycles. The van der Waals surface area contributed by atoms with Gasteiger partial charge >= 0.3 is 0 Å². The molecule has 0 saturated heterocycles. The lowest BCUT2D eigenvalue weighted by atomic mass is 10.2. The van der Waals surface area contributed by atoms with Gasteiger partial charge in [0.15, 0.2) is 6.61 Å². The van der Waals surface area contributed by atoms with Gasteiger partial charge in [-0.15, -0.1) is 0 Å². The first-order chi connectivity index (χ1) is 12.5. The maximum atomic E-state index is 10.8. The van der Waals surface area contributed by atoms with Crippen molar-refractivity contribution in [3.8, 4) is 22.8 Å². The number of carbonyl (C=O) groups excluding carboxylic acids is 1. The monoisotopic (exact) mass is 355 g/mol. The van der Waals surface area contributed by atoms with E-state index in [0.717, 1.165) is 28.5 Å². The number of hydrogen-bond donors (Lipinski definition) is 2. The Morgan fingerprint density at radius 3 is 2.65 bits per heavy atom. The van der Waals surface area contributed by atoms with Crippen LogP contribution in [-0.4, -0.2) is 43.6 Å². The second-order valence-corrected chi connectivity index (χ2v) is 5.87. The molecular formula is C18H21N5O3. The second kappa shape index (κ2) is 7.40. The Kier molecular flexibility index (Phi) is 5.04. The molecule has 3 aromatic rings. The summed E-state index contributed by atoms with van der Waals surface area (Å²) in [5, 5.41) is 13.7. The molecule has 0 aliphatic rings. The van der Waals surface area contributed by atoms with Gasteiger partial charge in [-0.2, -0.15) is 5.10 Å². The van der Waals surface area contributed by atoms with E-state index in [0.29, 0.717) is 12.3 Å². The minimum Gasteiger partial charge on any atom is -0.484 e. The molecule has 0 spiro atoms. The van der Waals surface area contributed by atoms with E-state index in [1.807, 2.05) is 36.7 Å². The third kappa shape index (κ3) is 3.45. The average Bonchev–Trinajstić information content (AvgIpc) is 3.18. The van der Waals surface area contributed by atoms with Gasteiger partial charge in [-0.25, -0.2) is 4.98 Å². The van der Waals surface area contributed by atoms with Crippen molar-refractivity contribution in [2.24, 2.45) is 5.73 Å². The smallest absolute Gasteiger partial charge is 0.255 e. The van der Waals surface area contributed by atoms with Crippen molar-refractivity contribution in [2.45, 2.75) is 20.4 Å². The largest absolute Gasteiger partial charge is 0.484 e. The Hall–Kier alpha value is -3.13. The molecule has 0 radical (unpaired) electrons. The number of aromatic nitrogens is 4. The molecule has 0 unspecified atom stereocenters. The van der Waals surface area contributed by atoms with E-state index >= 15 is 0 Å². The number of aliphatic hydroxyl groups excluding tert-OH is 1. The Bertz CT molecular complexity index is 912. The zero-order valence-electron chi connectivity index (χ0n) is 14.7. The lowest BCUT2D eigenvalue weighted by molar-refractivity contribution is -0.119. The van der Waals surface area contributed by atoms with Crippen LogP contribution in [0.3, 0.4) is 0 Å². The average molecular weight is 355 g/mol. The molecule has 2 heterocycles. The zero-order valence-corrected chi connectivity index (χ0v) is 14.7. The van der Waals surface area contributed by atoms with Gasteiger partial charge in [-0.1, -0.05) is 0 Å². The van der Waals surface area contributed by atoms with E-state index in [1.165, 1.54) is 0 Å². The fourth-order valence-corrected chi connectivity index (χ4v) is 2.90. The molecule has 0 aliphatic heterocycles. The molecule has 8 heteroatoms. The number of imidazole rings is 1. The molecule has 0 atom stereocenters. The van der Waals surface area contributed by atoms with Crippen LogP contribution in [0.1, 0.15) is 11.4 Å². The molecule has 1 amide bonds. The van der Waals surface area contributed by atoms with Crippen LogP contribution in [-0.2, 0) is 11.3 Å². The molecule has 3 N–H and O–H groups in total. The molecule has 3 rings (SSSR count). The van der Waals surface area contributed by atoms with E-state index in [-0.39, 0.29) is 13.2 Å². The quantitative estimate of drug-likeness (QED) is 0.662. The summed E-state index contributed by atoms with van der Waals surface area (Å²) in [5.74, 6) is 0.811. The number of benzene rings is 1. The van der Waals surface area contributed by atoms with Gasteiger partial charge in [0, 0.05) is 18.0 Å². The van der Waals surface area contributed by atoms with Crippen LogP contribution in [0.15, 0.2) is 36.7 Å². The summed E-state index contributed by atoms with van der Waals surface area (Å²) >= 11 is 0. The van der Waals surface area contributed by atoms with Crippen LogP contribution in [0.5, 0.6) is 5.75 Å². The molecule has 0 saturated carbocycles. The molecule has 0 aliphatic carbocycles. The number of aliphatic hydroxyl groups is 1. The second-order valence-electron chi connectivity index (χ2n) is 5.87. The van der Waals surface area contributed by atoms with Crippen molar-refractivity contribution in [2.75, 3.05) is 13.2 Å². The van der Waals surface area contributed by atoms with Crippen LogP contribution < -0.4 is 10.5 Å². The number of ether oxygens (including phenoxy) is 1. The van der Waals surface area contributed by atoms with Gasteiger partial charge < -0.3 is 15.6 Å². The maximum Gasteiger partial charge on any atom is 0.255 e. The third-order valence-corrected chi connectivity index (χ3v) is 4.03. The fraction of sp³-hybridized carbons (Fsp3) is 0.278. The summed E-state index contributed by atoms with van der Waals surface area (Å²) in [5.41, 5.74) is 8.74. The lowest BCUT2D eigenvalue weighted by Gasteiger charge is -2.10. The van der Waals surface area contributed by atoms with Crippen LogP contribution in [0.4, 0.5) is 0 Å². The van der Waals surface area contributed by atoms with Gasteiger partial charge in [0.2, 0.25) is 0 Å². The minimum atomic E-state index is -0.518. The van der Waals surface area contributed by atoms with Crippen molar-refractivity contribution in [1.29, 1.82) is 0 Å². The summed E-state index contributed by atoms with van der Waals surface area (Å²) in [7, 11) is 0. The van der Waals surface area contributed by atoms with Gasteiger partial charge in [0.1, 0.15) is 11.6 Å². The Morgan fingerprint density at radius 1 is 1.27 bits per heavy atom. The van der Waals surface area contributed by atoms with Crippen LogP contribution in [0, 0.1) is 13.8 Å². The van der Waals surface area contributed by atoms with E-state index in [4.69, 9.17) is 10.5 Å². The van der Waals surface area contributed by atoms with Crippen molar-refractivity contribution in [3.63, 3.8) is 0 Å². The summed E-state index contributed by atoms with van der Waals surface area (Å²) in [6, 6.07) is 7.29. The summed E-state index contributed by atoms with van der Waals surface area (Å²) in [4.78, 5) is 15.3. The SMILES string of the molecule is Cc1nn(CCO)c(C)c1-n1ccnc1-c1ccc(OCC(N)=O)cc1. The highest BCUT2D eigenvalue weighted by Gasteiger charge is 2.17. The van der Waals surface area contributed by atoms with Crippen molar-refractivity contribution in [1.82, 2.24) is 19.3 Å². The number of primary amides is 1. The standard InChI is InChI=1S/C18H21N5O3/c1-12-17(13(2)23(21-12)9-10-24)22-8-7-20-18(22)14-3-5-15(6-4-14)26-11-16(19)25/h3-8,24H,9-11H2,1-2H3,(H2,19,25). The van der Waals surface area contributed by atoms with Crippen molar-refractivity contribution >= 4 is 5.91 Å². The number of hydrogen-bond acceptors (Lipinski definition) is 5. The highest BCUT2D eigenvalue weighted by atomic mass is 16.5. The number of rotatable bonds is 7. The topological polar surface area (TPSA) is 108 Å². The third-order valence-electron chi connectivity index (χ3n) is 4.03. The molecule has 26 heavy (non-hydrogen) atoms. The van der Waals surface area contributed by atoms with Crippen LogP contribution in [0.25, 0.3) is 17.1 Å². The van der Waals surface area contributed by atoms with Gasteiger partial charge in [0.05, 0.1) is 30.2 Å². The summed E-state index contributed by atoms with van der Waals surface area (Å²) in [6.07, 6.45) is 3.61. The molecule has 0 bridgehead atoms. The maximum absolute atomic E-state index is 10.8. The van der Waals surface area contributed by atoms with Crippen molar-refractivity contribution in [3.05, 3.63) is 48.0 Å². The number of nitrogens with two attached hydrogens (primary N) is 1. The fourth-order valence-electron chi connectivity index (χ4n) is 2.90. The predicted molar refractivity (Wildman–Crippen MR) is 96.0 cm³/mol. The van der Waals surface area contributed by atoms with E-state index < -0.39 is 5.91 Å². The normalized spacial score (nSPS) is 10.9. The number of aryl methyl sites for hydroxylation is 1. The van der Waals surface area contributed by atoms with Gasteiger partial charge in [0.25, 0.3) is 5.91 Å². The van der Waals surface area contributed by atoms with E-state index in [9.17, 15) is 9.90 Å². The minimum absolute atomic E-state index is 0.0327. The molecule has 2 aromatic heterocycles. The van der Waals surface area contributed by atoms with Gasteiger partial charge in [-0.3, -0.25) is 14.0 Å². The predicted octanol–water partition coefficient (Wildman–Crippen LogP) is 1.21. The Morgan fingerprint density at radius 2 is 2.00 bits per heavy atom. The van der Waals surface area contributed by atoms with Crippen LogP contribution in [0.2, 0.25) is 0 Å². The summed E-state index contributed by atoms with van der Waals surface area (Å²) < 4.78 is 9.05. The summed E-state index contributed by atoms with van der Waals surface area (Å²) in [6.45, 7) is 4.22. The van der Waals surface area contributed by atoms with E-state index in [2.05, 4.69) is 10.1 Å². The van der Waals surface area contributed by atoms with Gasteiger partial charge in [-0.05, 0) is 38.1 Å². The molecule has 136 valence electrons. The highest BCUT2D eigenvalue weighted by Crippen LogP contribution is 2.27. The first-order valence-electron chi connectivity index (χ1n) is 8.21. The zero-order chi connectivity index (χ0) is 18.7. The van der Waals surface area contributed by atoms with E-state index in [1.54, 1.807) is 23.0 Å². The van der Waals surface area contributed by atoms with Crippen LogP contribution >= 0.6 is 0 Å².